The van der Waals surface area contributed by atoms with E-state index in [9.17, 15) is 44.7 Å². The molecular weight excluding hydrogens is 1150 g/mol. The molecule has 4 aromatic carbocycles. The minimum atomic E-state index is -6.00. The van der Waals surface area contributed by atoms with Gasteiger partial charge in [0.1, 0.15) is 0 Å². The molecule has 2 radical (unpaired) electrons. The van der Waals surface area contributed by atoms with Crippen molar-refractivity contribution in [3.63, 3.8) is 0 Å². The van der Waals surface area contributed by atoms with Crippen molar-refractivity contribution in [2.45, 2.75) is 27.7 Å². The number of benzene rings is 4. The maximum Gasteiger partial charge on any atom is 2.00 e. The third-order valence-corrected chi connectivity index (χ3v) is 8.46. The summed E-state index contributed by atoms with van der Waals surface area (Å²) in [7, 11) is -12.0. The average Bonchev–Trinajstić information content (AvgIpc) is 3.36. The molecule has 10 aromatic rings. The molecule has 74 heavy (non-hydrogen) atoms. The van der Waals surface area contributed by atoms with E-state index in [0.717, 1.165) is 55.0 Å². The van der Waals surface area contributed by atoms with Gasteiger partial charge < -0.3 is 44.7 Å². The van der Waals surface area contributed by atoms with E-state index >= 15 is 0 Å². The Morgan fingerprint density at radius 1 is 0.351 bits per heavy atom. The Morgan fingerprint density at radius 2 is 0.581 bits per heavy atom. The van der Waals surface area contributed by atoms with Gasteiger partial charge in [0.15, 0.2) is 0 Å². The molecular formula is C52H46B2F8N8O2Rh2. The van der Waals surface area contributed by atoms with E-state index in [2.05, 4.69) is 88.4 Å². The van der Waals surface area contributed by atoms with Gasteiger partial charge >= 0.3 is 53.5 Å². The third kappa shape index (κ3) is 29.2. The second-order valence-electron chi connectivity index (χ2n) is 14.4. The molecule has 0 amide bonds. The summed E-state index contributed by atoms with van der Waals surface area (Å²) in [5.41, 5.74) is 7.71. The minimum absolute atomic E-state index is 0. The third-order valence-electron chi connectivity index (χ3n) is 8.46. The van der Waals surface area contributed by atoms with E-state index in [1.807, 2.05) is 123 Å². The molecule has 0 unspecified atom stereocenters. The summed E-state index contributed by atoms with van der Waals surface area (Å²) in [6.45, 7) is 6.88. The van der Waals surface area contributed by atoms with Crippen LogP contribution in [0.1, 0.15) is 25.0 Å². The first-order chi connectivity index (χ1) is 34.3. The van der Waals surface area contributed by atoms with Gasteiger partial charge in [0.25, 0.3) is 0 Å². The van der Waals surface area contributed by atoms with Crippen LogP contribution in [-0.4, -0.2) is 56.2 Å². The van der Waals surface area contributed by atoms with Crippen molar-refractivity contribution in [3.05, 3.63) is 218 Å². The molecule has 0 fully saturated rings. The number of aliphatic imine (C=N–C) groups is 2. The van der Waals surface area contributed by atoms with Crippen LogP contribution >= 0.6 is 0 Å². The van der Waals surface area contributed by atoms with Crippen LogP contribution < -0.4 is 10.2 Å². The van der Waals surface area contributed by atoms with Crippen molar-refractivity contribution in [1.29, 1.82) is 0 Å². The van der Waals surface area contributed by atoms with Crippen LogP contribution in [0.25, 0.3) is 43.6 Å². The summed E-state index contributed by atoms with van der Waals surface area (Å²) >= 11 is 0. The molecule has 22 heteroatoms. The van der Waals surface area contributed by atoms with Gasteiger partial charge in [-0.3, -0.25) is 39.9 Å². The normalized spacial score (nSPS) is 10.5. The van der Waals surface area contributed by atoms with Crippen LogP contribution in [0.2, 0.25) is 0 Å². The van der Waals surface area contributed by atoms with Crippen molar-refractivity contribution in [1.82, 2.24) is 29.9 Å². The Hall–Kier alpha value is -7.42. The number of fused-ring (bicyclic) bond motifs is 6. The number of hydrogen-bond acceptors (Lipinski definition) is 10. The van der Waals surface area contributed by atoms with E-state index < -0.39 is 14.5 Å². The fraction of sp³-hybridized carbons (Fsp3) is 0.0769. The molecule has 6 aromatic heterocycles. The van der Waals surface area contributed by atoms with E-state index in [0.29, 0.717) is 0 Å². The zero-order valence-corrected chi connectivity index (χ0v) is 43.1. The minimum Gasteiger partial charge on any atom is -0.862 e. The van der Waals surface area contributed by atoms with Gasteiger partial charge in [-0.15, -0.1) is 0 Å². The Bertz CT molecular complexity index is 2780. The molecule has 0 saturated heterocycles. The number of pyridine rings is 6. The predicted molar refractivity (Wildman–Crippen MR) is 271 cm³/mol. The van der Waals surface area contributed by atoms with Crippen LogP contribution in [-0.2, 0) is 39.0 Å². The molecule has 6 heterocycles. The number of rotatable bonds is 2. The Balaban J connectivity index is 0.000000435. The molecule has 0 atom stereocenters. The fourth-order valence-corrected chi connectivity index (χ4v) is 5.59. The fourth-order valence-electron chi connectivity index (χ4n) is 5.59. The summed E-state index contributed by atoms with van der Waals surface area (Å²) < 4.78 is 78.0. The van der Waals surface area contributed by atoms with Crippen LogP contribution in [0.4, 0.5) is 45.9 Å². The largest absolute Gasteiger partial charge is 2.00 e. The maximum atomic E-state index is 10.5. The molecule has 0 aliphatic carbocycles. The zero-order valence-electron chi connectivity index (χ0n) is 39.9. The number of halogens is 8. The number of hydrogen-bond donors (Lipinski definition) is 0. The smallest absolute Gasteiger partial charge is 0.862 e. The van der Waals surface area contributed by atoms with Crippen molar-refractivity contribution in [2.75, 3.05) is 0 Å². The Morgan fingerprint density at radius 3 is 0.757 bits per heavy atom. The molecule has 0 N–H and O–H groups in total. The number of aryl methyl sites for hydroxylation is 2. The summed E-state index contributed by atoms with van der Waals surface area (Å²) in [6, 6.07) is 50.8. The van der Waals surface area contributed by atoms with Gasteiger partial charge in [0, 0.05) is 71.1 Å². The number of nitrogens with zero attached hydrogens (tertiary/aromatic N) is 8. The molecule has 0 spiro atoms. The SMILES string of the molecule is CC([O-])=Nc1ccc(C)cc1.CC([O-])=Nc1ccc(C)cc1.F[B-](F)(F)F.F[B-](F)(F)F.[Rh+2].[Rh+2].c1ccncc1.c1ccncc1.c1cnc2c(c1)ccc1cccnc12.c1cnc2c(c1)ccc1cccnc12. The molecule has 10 rings (SSSR count). The zero-order chi connectivity index (χ0) is 52.8. The van der Waals surface area contributed by atoms with Crippen molar-refractivity contribution in [3.8, 4) is 0 Å². The van der Waals surface area contributed by atoms with Crippen LogP contribution in [0.5, 0.6) is 0 Å². The molecule has 0 aliphatic rings. The van der Waals surface area contributed by atoms with Gasteiger partial charge in [0.05, 0.1) is 33.4 Å². The van der Waals surface area contributed by atoms with Crippen molar-refractivity contribution in [2.24, 2.45) is 9.98 Å². The summed E-state index contributed by atoms with van der Waals surface area (Å²) in [5.74, 6) is -0.317. The van der Waals surface area contributed by atoms with E-state index in [1.165, 1.54) is 25.0 Å². The first-order valence-electron chi connectivity index (χ1n) is 21.5. The molecule has 0 bridgehead atoms. The second-order valence-corrected chi connectivity index (χ2v) is 14.4. The first-order valence-corrected chi connectivity index (χ1v) is 21.5. The average molecular weight is 1190 g/mol. The van der Waals surface area contributed by atoms with Gasteiger partial charge in [-0.25, -0.2) is 0 Å². The standard InChI is InChI=1S/2C12H8N2.2C9H11NO.2C5H5N.2BF4.2Rh/c2*1-3-9-5-6-10-4-2-8-14-12(10)11(9)13-7-1;2*1-7-3-5-9(6-4-7)10-8(2)11;2*1-2-4-6-5-3-1;2*2-1(3,4)5;;/h2*1-8H;2*3-6H,1-2H3,(H,10,11);2*1-5H;;;;/q;;;;;;2*-1;2*+2/p-2. The van der Waals surface area contributed by atoms with Crippen molar-refractivity contribution < 1.29 is 83.7 Å². The van der Waals surface area contributed by atoms with E-state index in [1.54, 1.807) is 49.6 Å². The second kappa shape index (κ2) is 34.9. The quantitative estimate of drug-likeness (QED) is 0.0546. The van der Waals surface area contributed by atoms with E-state index in [4.69, 9.17) is 0 Å². The summed E-state index contributed by atoms with van der Waals surface area (Å²) in [5, 5.41) is 25.6. The maximum absolute atomic E-state index is 10.5. The molecule has 0 saturated carbocycles. The van der Waals surface area contributed by atoms with Crippen LogP contribution in [0.15, 0.2) is 217 Å². The molecule has 0 aliphatic heterocycles. The Kier molecular flexibility index (Phi) is 30.4. The predicted octanol–water partition coefficient (Wildman–Crippen LogP) is 13.1. The first kappa shape index (κ1) is 64.6. The number of aromatic nitrogens is 6. The molecule has 10 nitrogen and oxygen atoms in total. The van der Waals surface area contributed by atoms with Crippen LogP contribution in [0, 0.1) is 13.8 Å². The van der Waals surface area contributed by atoms with Gasteiger partial charge in [-0.05, 0) is 112 Å². The molecule has 386 valence electrons. The Labute approximate surface area is 448 Å². The summed E-state index contributed by atoms with van der Waals surface area (Å²) in [4.78, 5) is 32.5. The van der Waals surface area contributed by atoms with E-state index in [-0.39, 0.29) is 50.8 Å². The summed E-state index contributed by atoms with van der Waals surface area (Å²) in [6.07, 6.45) is 14.2. The van der Waals surface area contributed by atoms with Gasteiger partial charge in [-0.1, -0.05) is 96.1 Å². The van der Waals surface area contributed by atoms with Gasteiger partial charge in [-0.2, -0.15) is 0 Å². The van der Waals surface area contributed by atoms with Gasteiger partial charge in [0.2, 0.25) is 0 Å². The monoisotopic (exact) mass is 1190 g/mol. The van der Waals surface area contributed by atoms with Crippen molar-refractivity contribution >= 4 is 81.3 Å². The van der Waals surface area contributed by atoms with Crippen LogP contribution in [0.3, 0.4) is 0 Å². The topological polar surface area (TPSA) is 148 Å².